The standard InChI is InChI=1S/C18H24O3/c1-18-10-4-5-14(17(19)21-3)15(18)9-7-12-6-8-13(20-2)11-16(12)18/h6,8,11,14-15H,4-5,7,9-10H2,1-3H3. The van der Waals surface area contributed by atoms with Crippen LogP contribution in [-0.4, -0.2) is 20.2 Å². The highest BCUT2D eigenvalue weighted by Crippen LogP contribution is 2.52. The third kappa shape index (κ3) is 2.23. The number of aryl methyl sites for hydroxylation is 1. The largest absolute Gasteiger partial charge is 0.497 e. The zero-order valence-electron chi connectivity index (χ0n) is 13.1. The normalized spacial score (nSPS) is 31.0. The lowest BCUT2D eigenvalue weighted by atomic mass is 9.55. The molecule has 3 heteroatoms. The van der Waals surface area contributed by atoms with E-state index in [0.717, 1.165) is 37.9 Å². The average Bonchev–Trinajstić information content (AvgIpc) is 2.52. The molecule has 1 aromatic rings. The Balaban J connectivity index is 2.03. The van der Waals surface area contributed by atoms with Crippen molar-refractivity contribution < 1.29 is 14.3 Å². The van der Waals surface area contributed by atoms with E-state index in [2.05, 4.69) is 19.1 Å². The SMILES string of the molecule is COC(=O)C1CCCC2(C)c3cc(OC)ccc3CCC12. The summed E-state index contributed by atoms with van der Waals surface area (Å²) in [6.07, 6.45) is 5.32. The van der Waals surface area contributed by atoms with Crippen LogP contribution in [0.4, 0.5) is 0 Å². The Labute approximate surface area is 126 Å². The molecule has 0 aromatic heterocycles. The fourth-order valence-corrected chi connectivity index (χ4v) is 4.55. The van der Waals surface area contributed by atoms with Crippen LogP contribution in [-0.2, 0) is 21.4 Å². The second-order valence-electron chi connectivity index (χ2n) is 6.61. The highest BCUT2D eigenvalue weighted by molar-refractivity contribution is 5.73. The number of hydrogen-bond acceptors (Lipinski definition) is 3. The number of benzene rings is 1. The highest BCUT2D eigenvalue weighted by atomic mass is 16.5. The van der Waals surface area contributed by atoms with E-state index in [4.69, 9.17) is 9.47 Å². The van der Waals surface area contributed by atoms with Gasteiger partial charge in [-0.3, -0.25) is 4.79 Å². The van der Waals surface area contributed by atoms with Gasteiger partial charge in [0.25, 0.3) is 0 Å². The van der Waals surface area contributed by atoms with Crippen molar-refractivity contribution in [1.29, 1.82) is 0 Å². The molecular weight excluding hydrogens is 264 g/mol. The number of ether oxygens (including phenoxy) is 2. The minimum Gasteiger partial charge on any atom is -0.497 e. The molecule has 3 unspecified atom stereocenters. The minimum atomic E-state index is -0.0303. The number of methoxy groups -OCH3 is 2. The van der Waals surface area contributed by atoms with Crippen molar-refractivity contribution >= 4 is 5.97 Å². The summed E-state index contributed by atoms with van der Waals surface area (Å²) in [6.45, 7) is 2.32. The second kappa shape index (κ2) is 5.36. The van der Waals surface area contributed by atoms with E-state index in [1.54, 1.807) is 7.11 Å². The molecule has 2 aliphatic rings. The molecule has 3 nitrogen and oxygen atoms in total. The number of esters is 1. The van der Waals surface area contributed by atoms with Crippen LogP contribution in [0.1, 0.15) is 43.7 Å². The van der Waals surface area contributed by atoms with Crippen molar-refractivity contribution in [3.05, 3.63) is 29.3 Å². The van der Waals surface area contributed by atoms with Crippen LogP contribution in [0.3, 0.4) is 0 Å². The number of hydrogen-bond donors (Lipinski definition) is 0. The van der Waals surface area contributed by atoms with Gasteiger partial charge in [-0.15, -0.1) is 0 Å². The lowest BCUT2D eigenvalue weighted by Crippen LogP contribution is -2.46. The Hall–Kier alpha value is -1.51. The van der Waals surface area contributed by atoms with Gasteiger partial charge in [-0.2, -0.15) is 0 Å². The van der Waals surface area contributed by atoms with Crippen molar-refractivity contribution in [2.24, 2.45) is 11.8 Å². The summed E-state index contributed by atoms with van der Waals surface area (Å²) >= 11 is 0. The topological polar surface area (TPSA) is 35.5 Å². The Morgan fingerprint density at radius 2 is 2.10 bits per heavy atom. The molecule has 0 amide bonds. The van der Waals surface area contributed by atoms with E-state index in [1.165, 1.54) is 18.2 Å². The summed E-state index contributed by atoms with van der Waals surface area (Å²) in [7, 11) is 3.22. The first-order valence-electron chi connectivity index (χ1n) is 7.85. The Morgan fingerprint density at radius 1 is 1.29 bits per heavy atom. The number of carbonyl (C=O) groups is 1. The Kier molecular flexibility index (Phi) is 3.68. The van der Waals surface area contributed by atoms with Crippen LogP contribution in [0.25, 0.3) is 0 Å². The average molecular weight is 288 g/mol. The Morgan fingerprint density at radius 3 is 2.81 bits per heavy atom. The van der Waals surface area contributed by atoms with Crippen LogP contribution in [0.15, 0.2) is 18.2 Å². The molecule has 0 aliphatic heterocycles. The quantitative estimate of drug-likeness (QED) is 0.781. The van der Waals surface area contributed by atoms with Gasteiger partial charge in [-0.05, 0) is 60.3 Å². The summed E-state index contributed by atoms with van der Waals surface area (Å²) in [5.74, 6) is 1.32. The Bertz CT molecular complexity index is 551. The molecule has 21 heavy (non-hydrogen) atoms. The molecular formula is C18H24O3. The highest BCUT2D eigenvalue weighted by Gasteiger charge is 2.48. The number of carbonyl (C=O) groups excluding carboxylic acids is 1. The summed E-state index contributed by atoms with van der Waals surface area (Å²) in [4.78, 5) is 12.2. The van der Waals surface area contributed by atoms with Gasteiger partial charge in [0.05, 0.1) is 20.1 Å². The van der Waals surface area contributed by atoms with Gasteiger partial charge in [-0.1, -0.05) is 19.4 Å². The maximum absolute atomic E-state index is 12.2. The summed E-state index contributed by atoms with van der Waals surface area (Å²) < 4.78 is 10.5. The van der Waals surface area contributed by atoms with Gasteiger partial charge in [0.15, 0.2) is 0 Å². The number of rotatable bonds is 2. The van der Waals surface area contributed by atoms with E-state index in [-0.39, 0.29) is 17.3 Å². The molecule has 0 spiro atoms. The summed E-state index contributed by atoms with van der Waals surface area (Å²) in [5.41, 5.74) is 2.87. The van der Waals surface area contributed by atoms with Crippen molar-refractivity contribution in [1.82, 2.24) is 0 Å². The summed E-state index contributed by atoms with van der Waals surface area (Å²) in [5, 5.41) is 0. The first kappa shape index (κ1) is 14.4. The molecule has 1 fully saturated rings. The van der Waals surface area contributed by atoms with Crippen LogP contribution in [0, 0.1) is 11.8 Å². The van der Waals surface area contributed by atoms with Crippen molar-refractivity contribution in [2.75, 3.05) is 14.2 Å². The van der Waals surface area contributed by atoms with Gasteiger partial charge in [0.1, 0.15) is 5.75 Å². The van der Waals surface area contributed by atoms with E-state index in [1.807, 2.05) is 6.07 Å². The first-order chi connectivity index (χ1) is 10.1. The molecule has 2 aliphatic carbocycles. The van der Waals surface area contributed by atoms with E-state index in [9.17, 15) is 4.79 Å². The zero-order valence-corrected chi connectivity index (χ0v) is 13.1. The minimum absolute atomic E-state index is 0.0303. The van der Waals surface area contributed by atoms with Crippen molar-refractivity contribution in [3.8, 4) is 5.75 Å². The van der Waals surface area contributed by atoms with Gasteiger partial charge in [0.2, 0.25) is 0 Å². The van der Waals surface area contributed by atoms with Crippen LogP contribution in [0.5, 0.6) is 5.75 Å². The third-order valence-corrected chi connectivity index (χ3v) is 5.68. The monoisotopic (exact) mass is 288 g/mol. The molecule has 114 valence electrons. The predicted molar refractivity (Wildman–Crippen MR) is 81.5 cm³/mol. The number of fused-ring (bicyclic) bond motifs is 3. The van der Waals surface area contributed by atoms with Crippen LogP contribution >= 0.6 is 0 Å². The van der Waals surface area contributed by atoms with Crippen LogP contribution < -0.4 is 4.74 Å². The van der Waals surface area contributed by atoms with Crippen LogP contribution in [0.2, 0.25) is 0 Å². The van der Waals surface area contributed by atoms with Gasteiger partial charge >= 0.3 is 5.97 Å². The lowest BCUT2D eigenvalue weighted by molar-refractivity contribution is -0.150. The van der Waals surface area contributed by atoms with E-state index in [0.29, 0.717) is 5.92 Å². The molecule has 1 saturated carbocycles. The zero-order chi connectivity index (χ0) is 15.0. The first-order valence-corrected chi connectivity index (χ1v) is 7.85. The summed E-state index contributed by atoms with van der Waals surface area (Å²) in [6, 6.07) is 6.42. The fourth-order valence-electron chi connectivity index (χ4n) is 4.55. The smallest absolute Gasteiger partial charge is 0.308 e. The van der Waals surface area contributed by atoms with Crippen molar-refractivity contribution in [2.45, 2.75) is 44.4 Å². The second-order valence-corrected chi connectivity index (χ2v) is 6.61. The lowest BCUT2D eigenvalue weighted by Gasteiger charge is -2.49. The van der Waals surface area contributed by atoms with E-state index >= 15 is 0 Å². The van der Waals surface area contributed by atoms with Gasteiger partial charge in [0, 0.05) is 0 Å². The molecule has 0 saturated heterocycles. The third-order valence-electron chi connectivity index (χ3n) is 5.68. The molecule has 1 aromatic carbocycles. The molecule has 0 bridgehead atoms. The fraction of sp³-hybridized carbons (Fsp3) is 0.611. The van der Waals surface area contributed by atoms with E-state index < -0.39 is 0 Å². The maximum Gasteiger partial charge on any atom is 0.308 e. The molecule has 0 heterocycles. The van der Waals surface area contributed by atoms with Gasteiger partial charge < -0.3 is 9.47 Å². The molecule has 0 radical (unpaired) electrons. The predicted octanol–water partition coefficient (Wildman–Crippen LogP) is 3.49. The molecule has 3 rings (SSSR count). The van der Waals surface area contributed by atoms with Crippen molar-refractivity contribution in [3.63, 3.8) is 0 Å². The maximum atomic E-state index is 12.2. The molecule has 0 N–H and O–H groups in total. The van der Waals surface area contributed by atoms with Gasteiger partial charge in [-0.25, -0.2) is 0 Å². The molecule has 3 atom stereocenters.